The fourth-order valence-electron chi connectivity index (χ4n) is 2.56. The smallest absolute Gasteiger partial charge is 0.228 e. The average molecular weight is 318 g/mol. The number of thiophene rings is 1. The van der Waals surface area contributed by atoms with Crippen LogP contribution in [0.2, 0.25) is 0 Å². The molecule has 2 N–H and O–H groups in total. The van der Waals surface area contributed by atoms with E-state index >= 15 is 0 Å². The topological polar surface area (TPSA) is 58.2 Å². The number of carbonyl (C=O) groups is 2. The van der Waals surface area contributed by atoms with Gasteiger partial charge in [-0.1, -0.05) is 12.1 Å². The molecule has 1 aliphatic rings. The van der Waals surface area contributed by atoms with Gasteiger partial charge >= 0.3 is 0 Å². The second-order valence-electron chi connectivity index (χ2n) is 5.16. The summed E-state index contributed by atoms with van der Waals surface area (Å²) in [6.45, 7) is 0.522. The number of fused-ring (bicyclic) bond motifs is 1. The van der Waals surface area contributed by atoms with Crippen molar-refractivity contribution in [2.75, 3.05) is 11.9 Å². The van der Waals surface area contributed by atoms with E-state index in [1.54, 1.807) is 17.4 Å². The van der Waals surface area contributed by atoms with E-state index in [2.05, 4.69) is 10.6 Å². The molecule has 2 amide bonds. The van der Waals surface area contributed by atoms with Gasteiger partial charge in [-0.15, -0.1) is 11.3 Å². The molecule has 0 saturated heterocycles. The van der Waals surface area contributed by atoms with E-state index in [1.165, 1.54) is 17.0 Å². The summed E-state index contributed by atoms with van der Waals surface area (Å²) in [5.74, 6) is -1.46. The number of anilines is 1. The molecule has 0 aliphatic carbocycles. The number of nitrogens with one attached hydrogen (secondary N) is 2. The average Bonchev–Trinajstić information content (AvgIpc) is 2.99. The van der Waals surface area contributed by atoms with Crippen LogP contribution in [0.25, 0.3) is 0 Å². The van der Waals surface area contributed by atoms with Crippen molar-refractivity contribution in [3.8, 4) is 0 Å². The van der Waals surface area contributed by atoms with Gasteiger partial charge < -0.3 is 10.6 Å². The zero-order valence-electron chi connectivity index (χ0n) is 11.8. The Morgan fingerprint density at radius 3 is 3.05 bits per heavy atom. The molecule has 0 saturated carbocycles. The lowest BCUT2D eigenvalue weighted by Crippen LogP contribution is -2.35. The molecule has 0 unspecified atom stereocenters. The highest BCUT2D eigenvalue weighted by atomic mass is 32.1. The van der Waals surface area contributed by atoms with Crippen LogP contribution in [0.3, 0.4) is 0 Å². The molecular weight excluding hydrogens is 303 g/mol. The monoisotopic (exact) mass is 318 g/mol. The van der Waals surface area contributed by atoms with Crippen molar-refractivity contribution in [3.05, 3.63) is 52.0 Å². The fraction of sp³-hybridized carbons (Fsp3) is 0.250. The van der Waals surface area contributed by atoms with Crippen LogP contribution < -0.4 is 10.6 Å². The second-order valence-corrected chi connectivity index (χ2v) is 6.19. The van der Waals surface area contributed by atoms with Crippen LogP contribution in [0.15, 0.2) is 35.7 Å². The number of hydrogen-bond donors (Lipinski definition) is 2. The van der Waals surface area contributed by atoms with Gasteiger partial charge in [-0.25, -0.2) is 4.39 Å². The maximum atomic E-state index is 13.3. The van der Waals surface area contributed by atoms with Crippen LogP contribution in [-0.2, 0) is 16.0 Å². The number of hydrogen-bond acceptors (Lipinski definition) is 3. The van der Waals surface area contributed by atoms with Crippen LogP contribution >= 0.6 is 11.3 Å². The Balaban J connectivity index is 1.68. The van der Waals surface area contributed by atoms with E-state index in [0.29, 0.717) is 17.8 Å². The lowest BCUT2D eigenvalue weighted by molar-refractivity contribution is -0.126. The highest BCUT2D eigenvalue weighted by molar-refractivity contribution is 7.09. The zero-order valence-corrected chi connectivity index (χ0v) is 12.6. The molecular formula is C16H15FN2O2S. The molecule has 22 heavy (non-hydrogen) atoms. The number of carbonyl (C=O) groups excluding carboxylic acids is 2. The molecule has 0 radical (unpaired) electrons. The molecule has 4 nitrogen and oxygen atoms in total. The Hall–Kier alpha value is -2.21. The van der Waals surface area contributed by atoms with Crippen molar-refractivity contribution >= 4 is 28.8 Å². The Morgan fingerprint density at radius 2 is 2.27 bits per heavy atom. The SMILES string of the molecule is O=C1C[C@H](C(=O)NCCc2cccs2)c2ccc(F)cc2N1. The first-order valence-electron chi connectivity index (χ1n) is 7.03. The summed E-state index contributed by atoms with van der Waals surface area (Å²) < 4.78 is 13.3. The quantitative estimate of drug-likeness (QED) is 0.910. The van der Waals surface area contributed by atoms with Crippen LogP contribution in [0.1, 0.15) is 22.8 Å². The predicted molar refractivity (Wildman–Crippen MR) is 83.4 cm³/mol. The number of benzene rings is 1. The number of amides is 2. The van der Waals surface area contributed by atoms with Crippen LogP contribution in [0.4, 0.5) is 10.1 Å². The summed E-state index contributed by atoms with van der Waals surface area (Å²) >= 11 is 1.64. The van der Waals surface area contributed by atoms with Gasteiger partial charge in [0.05, 0.1) is 5.92 Å². The molecule has 1 atom stereocenters. The first kappa shape index (κ1) is 14.7. The Bertz CT molecular complexity index is 700. The van der Waals surface area contributed by atoms with Crippen molar-refractivity contribution in [1.82, 2.24) is 5.32 Å². The minimum Gasteiger partial charge on any atom is -0.355 e. The summed E-state index contributed by atoms with van der Waals surface area (Å²) in [5, 5.41) is 7.46. The molecule has 6 heteroatoms. The summed E-state index contributed by atoms with van der Waals surface area (Å²) in [7, 11) is 0. The number of rotatable bonds is 4. The first-order valence-corrected chi connectivity index (χ1v) is 7.91. The normalized spacial score (nSPS) is 16.8. The largest absolute Gasteiger partial charge is 0.355 e. The van der Waals surface area contributed by atoms with E-state index < -0.39 is 11.7 Å². The maximum Gasteiger partial charge on any atom is 0.228 e. The minimum absolute atomic E-state index is 0.0868. The molecule has 2 aromatic rings. The fourth-order valence-corrected chi connectivity index (χ4v) is 3.27. The maximum absolute atomic E-state index is 13.3. The third-order valence-electron chi connectivity index (χ3n) is 3.62. The van der Waals surface area contributed by atoms with Crippen LogP contribution in [-0.4, -0.2) is 18.4 Å². The van der Waals surface area contributed by atoms with Gasteiger partial charge in [-0.05, 0) is 35.6 Å². The molecule has 3 rings (SSSR count). The molecule has 1 aromatic carbocycles. The van der Waals surface area contributed by atoms with E-state index in [0.717, 1.165) is 6.42 Å². The van der Waals surface area contributed by atoms with Gasteiger partial charge in [-0.2, -0.15) is 0 Å². The van der Waals surface area contributed by atoms with Crippen molar-refractivity contribution < 1.29 is 14.0 Å². The van der Waals surface area contributed by atoms with Crippen molar-refractivity contribution in [2.24, 2.45) is 0 Å². The summed E-state index contributed by atoms with van der Waals surface area (Å²) in [6, 6.07) is 8.11. The Labute approximate surface area is 131 Å². The third-order valence-corrected chi connectivity index (χ3v) is 4.56. The lowest BCUT2D eigenvalue weighted by Gasteiger charge is -2.24. The highest BCUT2D eigenvalue weighted by Crippen LogP contribution is 2.32. The van der Waals surface area contributed by atoms with Crippen LogP contribution in [0.5, 0.6) is 0 Å². The van der Waals surface area contributed by atoms with Crippen molar-refractivity contribution in [2.45, 2.75) is 18.8 Å². The van der Waals surface area contributed by atoms with Gasteiger partial charge in [-0.3, -0.25) is 9.59 Å². The van der Waals surface area contributed by atoms with Crippen molar-refractivity contribution in [3.63, 3.8) is 0 Å². The van der Waals surface area contributed by atoms with E-state index in [9.17, 15) is 14.0 Å². The van der Waals surface area contributed by atoms with Crippen molar-refractivity contribution in [1.29, 1.82) is 0 Å². The molecule has 1 aliphatic heterocycles. The Kier molecular flexibility index (Phi) is 4.20. The predicted octanol–water partition coefficient (Wildman–Crippen LogP) is 2.67. The molecule has 0 spiro atoms. The van der Waals surface area contributed by atoms with Gasteiger partial charge in [0.2, 0.25) is 11.8 Å². The molecule has 0 bridgehead atoms. The standard InChI is InChI=1S/C16H15FN2O2S/c17-10-3-4-12-13(9-15(20)19-14(12)8-10)16(21)18-6-5-11-2-1-7-22-11/h1-4,7-8,13H,5-6,9H2,(H,18,21)(H,19,20)/t13-/m0/s1. The van der Waals surface area contributed by atoms with E-state index in [-0.39, 0.29) is 18.2 Å². The molecule has 114 valence electrons. The highest BCUT2D eigenvalue weighted by Gasteiger charge is 2.30. The first-order chi connectivity index (χ1) is 10.6. The van der Waals surface area contributed by atoms with Gasteiger partial charge in [0, 0.05) is 23.5 Å². The third kappa shape index (κ3) is 3.17. The molecule has 2 heterocycles. The summed E-state index contributed by atoms with van der Waals surface area (Å²) in [6.07, 6.45) is 0.849. The van der Waals surface area contributed by atoms with E-state index in [1.807, 2.05) is 17.5 Å². The van der Waals surface area contributed by atoms with Gasteiger partial charge in [0.15, 0.2) is 0 Å². The zero-order chi connectivity index (χ0) is 15.5. The van der Waals surface area contributed by atoms with E-state index in [4.69, 9.17) is 0 Å². The summed E-state index contributed by atoms with van der Waals surface area (Å²) in [5.41, 5.74) is 1.05. The minimum atomic E-state index is -0.562. The summed E-state index contributed by atoms with van der Waals surface area (Å²) in [4.78, 5) is 25.2. The lowest BCUT2D eigenvalue weighted by atomic mass is 9.89. The second kappa shape index (κ2) is 6.27. The Morgan fingerprint density at radius 1 is 1.41 bits per heavy atom. The molecule has 1 aromatic heterocycles. The van der Waals surface area contributed by atoms with Gasteiger partial charge in [0.1, 0.15) is 5.82 Å². The van der Waals surface area contributed by atoms with Gasteiger partial charge in [0.25, 0.3) is 0 Å². The van der Waals surface area contributed by atoms with Crippen LogP contribution in [0, 0.1) is 5.82 Å². The number of halogens is 1. The molecule has 0 fully saturated rings.